The molecule has 8 nitrogen and oxygen atoms in total. The highest BCUT2D eigenvalue weighted by Gasteiger charge is 2.43. The number of aliphatic hydroxyl groups excluding tert-OH is 4. The summed E-state index contributed by atoms with van der Waals surface area (Å²) < 4.78 is 10.7. The fourth-order valence-electron chi connectivity index (χ4n) is 2.44. The Morgan fingerprint density at radius 3 is 2.45 bits per heavy atom. The zero-order chi connectivity index (χ0) is 14.5. The summed E-state index contributed by atoms with van der Waals surface area (Å²) >= 11 is 0. The molecule has 0 spiro atoms. The van der Waals surface area contributed by atoms with Gasteiger partial charge in [-0.15, -0.1) is 0 Å². The van der Waals surface area contributed by atoms with E-state index in [1.54, 1.807) is 0 Å². The summed E-state index contributed by atoms with van der Waals surface area (Å²) in [6, 6.07) is 0. The first-order valence-corrected chi connectivity index (χ1v) is 6.98. The van der Waals surface area contributed by atoms with Gasteiger partial charge in [-0.05, 0) is 0 Å². The minimum absolute atomic E-state index is 0.350. The van der Waals surface area contributed by atoms with Gasteiger partial charge in [0.25, 0.3) is 0 Å². The van der Waals surface area contributed by atoms with E-state index in [4.69, 9.17) is 14.6 Å². The summed E-state index contributed by atoms with van der Waals surface area (Å²) in [5.41, 5.74) is 0. The van der Waals surface area contributed by atoms with Gasteiger partial charge in [0.15, 0.2) is 6.29 Å². The van der Waals surface area contributed by atoms with E-state index in [1.807, 2.05) is 0 Å². The van der Waals surface area contributed by atoms with Crippen LogP contribution in [0.5, 0.6) is 0 Å². The van der Waals surface area contributed by atoms with Crippen LogP contribution >= 0.6 is 0 Å². The van der Waals surface area contributed by atoms with Crippen molar-refractivity contribution in [3.8, 4) is 0 Å². The van der Waals surface area contributed by atoms with Gasteiger partial charge < -0.3 is 35.2 Å². The van der Waals surface area contributed by atoms with E-state index in [9.17, 15) is 15.3 Å². The van der Waals surface area contributed by atoms with Crippen LogP contribution in [0.15, 0.2) is 0 Å². The van der Waals surface area contributed by atoms with Crippen LogP contribution in [-0.2, 0) is 9.47 Å². The van der Waals surface area contributed by atoms with Crippen molar-refractivity contribution >= 4 is 0 Å². The predicted octanol–water partition coefficient (Wildman–Crippen LogP) is -3.29. The van der Waals surface area contributed by atoms with Crippen molar-refractivity contribution in [3.63, 3.8) is 0 Å². The lowest BCUT2D eigenvalue weighted by molar-refractivity contribution is -0.301. The maximum absolute atomic E-state index is 9.79. The number of aliphatic hydroxyl groups is 4. The Kier molecular flexibility index (Phi) is 6.12. The molecular formula is C12H24N2O6. The summed E-state index contributed by atoms with van der Waals surface area (Å²) in [6.07, 6.45) is -6.00. The van der Waals surface area contributed by atoms with E-state index in [2.05, 4.69) is 10.2 Å². The van der Waals surface area contributed by atoms with Gasteiger partial charge in [-0.3, -0.25) is 4.90 Å². The van der Waals surface area contributed by atoms with Gasteiger partial charge in [-0.2, -0.15) is 0 Å². The summed E-state index contributed by atoms with van der Waals surface area (Å²) in [7, 11) is 0. The molecule has 0 aromatic carbocycles. The van der Waals surface area contributed by atoms with Crippen molar-refractivity contribution in [2.24, 2.45) is 0 Å². The Morgan fingerprint density at radius 2 is 1.80 bits per heavy atom. The highest BCUT2D eigenvalue weighted by atomic mass is 16.7. The molecule has 0 bridgehead atoms. The van der Waals surface area contributed by atoms with Crippen LogP contribution < -0.4 is 5.32 Å². The monoisotopic (exact) mass is 292 g/mol. The number of nitrogens with zero attached hydrogens (tertiary/aromatic N) is 1. The zero-order valence-electron chi connectivity index (χ0n) is 11.4. The fraction of sp³-hybridized carbons (Fsp3) is 1.00. The second kappa shape index (κ2) is 7.62. The van der Waals surface area contributed by atoms with Gasteiger partial charge in [-0.1, -0.05) is 0 Å². The molecule has 2 saturated heterocycles. The summed E-state index contributed by atoms with van der Waals surface area (Å²) in [5, 5.41) is 41.4. The van der Waals surface area contributed by atoms with E-state index in [-0.39, 0.29) is 0 Å². The molecule has 2 fully saturated rings. The molecule has 5 N–H and O–H groups in total. The normalized spacial score (nSPS) is 39.9. The first kappa shape index (κ1) is 16.1. The molecule has 5 atom stereocenters. The highest BCUT2D eigenvalue weighted by molar-refractivity contribution is 4.88. The van der Waals surface area contributed by atoms with E-state index in [1.165, 1.54) is 0 Å². The summed E-state index contributed by atoms with van der Waals surface area (Å²) in [6.45, 7) is 4.39. The van der Waals surface area contributed by atoms with Gasteiger partial charge >= 0.3 is 0 Å². The molecule has 0 radical (unpaired) electrons. The third kappa shape index (κ3) is 3.86. The number of hydrogen-bond donors (Lipinski definition) is 5. The van der Waals surface area contributed by atoms with Gasteiger partial charge in [0.05, 0.1) is 13.2 Å². The average Bonchev–Trinajstić information content (AvgIpc) is 2.48. The van der Waals surface area contributed by atoms with E-state index >= 15 is 0 Å². The Balaban J connectivity index is 1.76. The van der Waals surface area contributed by atoms with Gasteiger partial charge in [-0.25, -0.2) is 0 Å². The molecule has 0 aliphatic carbocycles. The van der Waals surface area contributed by atoms with Crippen molar-refractivity contribution in [2.75, 3.05) is 45.9 Å². The summed E-state index contributed by atoms with van der Waals surface area (Å²) in [5.74, 6) is 0. The molecule has 3 unspecified atom stereocenters. The Labute approximate surface area is 117 Å². The number of hydrogen-bond acceptors (Lipinski definition) is 8. The molecule has 2 heterocycles. The molecule has 0 amide bonds. The molecule has 8 heteroatoms. The number of ether oxygens (including phenoxy) is 2. The third-order valence-electron chi connectivity index (χ3n) is 3.75. The zero-order valence-corrected chi connectivity index (χ0v) is 11.4. The van der Waals surface area contributed by atoms with Crippen LogP contribution in [0.4, 0.5) is 0 Å². The number of rotatable bonds is 5. The van der Waals surface area contributed by atoms with Crippen LogP contribution in [0.25, 0.3) is 0 Å². The van der Waals surface area contributed by atoms with Gasteiger partial charge in [0.1, 0.15) is 24.4 Å². The first-order valence-electron chi connectivity index (χ1n) is 6.98. The number of nitrogens with one attached hydrogen (secondary N) is 1. The quantitative estimate of drug-likeness (QED) is 0.358. The molecule has 2 rings (SSSR count). The van der Waals surface area contributed by atoms with Gasteiger partial charge in [0.2, 0.25) is 0 Å². The van der Waals surface area contributed by atoms with Crippen LogP contribution in [0, 0.1) is 0 Å². The molecule has 20 heavy (non-hydrogen) atoms. The Bertz CT molecular complexity index is 287. The maximum atomic E-state index is 9.79. The Hall–Kier alpha value is -0.320. The lowest BCUT2D eigenvalue weighted by Gasteiger charge is -2.39. The first-order chi connectivity index (χ1) is 9.63. The second-order valence-electron chi connectivity index (χ2n) is 5.16. The molecule has 0 saturated carbocycles. The van der Waals surface area contributed by atoms with Crippen LogP contribution in [0.3, 0.4) is 0 Å². The van der Waals surface area contributed by atoms with Crippen LogP contribution in [-0.4, -0.2) is 102 Å². The van der Waals surface area contributed by atoms with Crippen molar-refractivity contribution in [3.05, 3.63) is 0 Å². The van der Waals surface area contributed by atoms with Crippen LogP contribution in [0.1, 0.15) is 0 Å². The molecule has 0 aromatic heterocycles. The van der Waals surface area contributed by atoms with Gasteiger partial charge in [0, 0.05) is 32.7 Å². The molecule has 0 aromatic rings. The SMILES string of the molecule is OCC1O[C@@H](OCCN2CCNCC2)C(O)C(O)[C@@H]1O. The highest BCUT2D eigenvalue weighted by Crippen LogP contribution is 2.21. The van der Waals surface area contributed by atoms with Crippen molar-refractivity contribution in [1.82, 2.24) is 10.2 Å². The molecule has 118 valence electrons. The second-order valence-corrected chi connectivity index (χ2v) is 5.16. The Morgan fingerprint density at radius 1 is 1.10 bits per heavy atom. The molecule has 2 aliphatic heterocycles. The predicted molar refractivity (Wildman–Crippen MR) is 69.0 cm³/mol. The largest absolute Gasteiger partial charge is 0.394 e. The summed E-state index contributed by atoms with van der Waals surface area (Å²) in [4.78, 5) is 2.22. The van der Waals surface area contributed by atoms with Crippen molar-refractivity contribution in [2.45, 2.75) is 30.7 Å². The smallest absolute Gasteiger partial charge is 0.186 e. The molecule has 2 aliphatic rings. The lowest BCUT2D eigenvalue weighted by atomic mass is 9.99. The fourth-order valence-corrected chi connectivity index (χ4v) is 2.44. The molecular weight excluding hydrogens is 268 g/mol. The van der Waals surface area contributed by atoms with E-state index in [0.29, 0.717) is 13.2 Å². The van der Waals surface area contributed by atoms with Crippen molar-refractivity contribution in [1.29, 1.82) is 0 Å². The lowest BCUT2D eigenvalue weighted by Crippen LogP contribution is -2.59. The maximum Gasteiger partial charge on any atom is 0.186 e. The third-order valence-corrected chi connectivity index (χ3v) is 3.75. The van der Waals surface area contributed by atoms with E-state index in [0.717, 1.165) is 26.2 Å². The minimum atomic E-state index is -1.38. The average molecular weight is 292 g/mol. The van der Waals surface area contributed by atoms with E-state index < -0.39 is 37.3 Å². The number of piperazine rings is 1. The topological polar surface area (TPSA) is 115 Å². The van der Waals surface area contributed by atoms with Crippen molar-refractivity contribution < 1.29 is 29.9 Å². The van der Waals surface area contributed by atoms with Crippen LogP contribution in [0.2, 0.25) is 0 Å². The standard InChI is InChI=1S/C12H24N2O6/c15-7-8-9(16)10(17)11(18)12(20-8)19-6-5-14-3-1-13-2-4-14/h8-13,15-18H,1-7H2/t8?,9-,10?,11?,12-/m1/s1. The minimum Gasteiger partial charge on any atom is -0.394 e.